The second kappa shape index (κ2) is 5.76. The van der Waals surface area contributed by atoms with E-state index in [4.69, 9.17) is 9.47 Å². The summed E-state index contributed by atoms with van der Waals surface area (Å²) in [5, 5.41) is 7.61. The van der Waals surface area contributed by atoms with Crippen LogP contribution >= 0.6 is 0 Å². The number of sulfonamides is 1. The minimum absolute atomic E-state index is 0.0685. The predicted molar refractivity (Wildman–Crippen MR) is 83.3 cm³/mol. The average molecular weight is 334 g/mol. The van der Waals surface area contributed by atoms with Crippen LogP contribution in [-0.2, 0) is 10.0 Å². The van der Waals surface area contributed by atoms with Crippen molar-refractivity contribution in [1.82, 2.24) is 14.6 Å². The van der Waals surface area contributed by atoms with Gasteiger partial charge in [0.05, 0.1) is 24.8 Å². The number of benzene rings is 1. The highest BCUT2D eigenvalue weighted by Gasteiger charge is 2.17. The number of ether oxygens (including phenoxy) is 2. The number of anilines is 1. The van der Waals surface area contributed by atoms with E-state index < -0.39 is 10.0 Å². The fourth-order valence-corrected chi connectivity index (χ4v) is 3.14. The maximum absolute atomic E-state index is 12.5. The van der Waals surface area contributed by atoms with Gasteiger partial charge in [0.1, 0.15) is 6.33 Å². The molecule has 2 heterocycles. The zero-order valence-corrected chi connectivity index (χ0v) is 13.2. The van der Waals surface area contributed by atoms with Gasteiger partial charge in [-0.05, 0) is 24.3 Å². The second-order valence-electron chi connectivity index (χ2n) is 4.64. The highest BCUT2D eigenvalue weighted by molar-refractivity contribution is 7.92. The van der Waals surface area contributed by atoms with E-state index in [9.17, 15) is 8.42 Å². The van der Waals surface area contributed by atoms with Crippen molar-refractivity contribution in [3.8, 4) is 11.5 Å². The first kappa shape index (κ1) is 15.1. The molecule has 0 fully saturated rings. The maximum atomic E-state index is 12.5. The van der Waals surface area contributed by atoms with Crippen molar-refractivity contribution in [2.24, 2.45) is 0 Å². The summed E-state index contributed by atoms with van der Waals surface area (Å²) in [6, 6.07) is 7.66. The third kappa shape index (κ3) is 2.90. The molecule has 120 valence electrons. The highest BCUT2D eigenvalue weighted by Crippen LogP contribution is 2.30. The molecule has 0 spiro atoms. The maximum Gasteiger partial charge on any atom is 0.262 e. The van der Waals surface area contributed by atoms with Crippen LogP contribution in [0.1, 0.15) is 0 Å². The summed E-state index contributed by atoms with van der Waals surface area (Å²) in [5.74, 6) is 0.794. The van der Waals surface area contributed by atoms with E-state index in [0.29, 0.717) is 22.8 Å². The molecule has 0 bridgehead atoms. The summed E-state index contributed by atoms with van der Waals surface area (Å²) in [5.41, 5.74) is 1.02. The topological polar surface area (TPSA) is 94.8 Å². The molecule has 3 rings (SSSR count). The summed E-state index contributed by atoms with van der Waals surface area (Å²) < 4.78 is 39.3. The molecule has 0 aliphatic rings. The summed E-state index contributed by atoms with van der Waals surface area (Å²) >= 11 is 0. The van der Waals surface area contributed by atoms with Gasteiger partial charge < -0.3 is 9.47 Å². The van der Waals surface area contributed by atoms with Gasteiger partial charge in [0, 0.05) is 12.3 Å². The van der Waals surface area contributed by atoms with Gasteiger partial charge in [0.25, 0.3) is 10.0 Å². The molecule has 0 aliphatic carbocycles. The Morgan fingerprint density at radius 2 is 1.87 bits per heavy atom. The zero-order valence-electron chi connectivity index (χ0n) is 12.4. The van der Waals surface area contributed by atoms with Crippen molar-refractivity contribution >= 4 is 21.4 Å². The van der Waals surface area contributed by atoms with Crippen molar-refractivity contribution in [2.45, 2.75) is 4.90 Å². The Morgan fingerprint density at radius 3 is 2.61 bits per heavy atom. The molecule has 3 aromatic rings. The first-order valence-electron chi connectivity index (χ1n) is 6.58. The van der Waals surface area contributed by atoms with Crippen molar-refractivity contribution in [3.05, 3.63) is 42.9 Å². The summed E-state index contributed by atoms with van der Waals surface area (Å²) in [6.07, 6.45) is 3.08. The molecule has 1 N–H and O–H groups in total. The Morgan fingerprint density at radius 1 is 1.09 bits per heavy atom. The number of nitrogens with one attached hydrogen (secondary N) is 1. The van der Waals surface area contributed by atoms with Gasteiger partial charge in [-0.1, -0.05) is 0 Å². The molecular weight excluding hydrogens is 320 g/mol. The summed E-state index contributed by atoms with van der Waals surface area (Å²) in [6.45, 7) is 0. The summed E-state index contributed by atoms with van der Waals surface area (Å²) in [4.78, 5) is 0.0685. The van der Waals surface area contributed by atoms with E-state index >= 15 is 0 Å². The monoisotopic (exact) mass is 334 g/mol. The lowest BCUT2D eigenvalue weighted by molar-refractivity contribution is 0.354. The predicted octanol–water partition coefficient (Wildman–Crippen LogP) is 1.55. The van der Waals surface area contributed by atoms with E-state index in [0.717, 1.165) is 0 Å². The number of rotatable bonds is 5. The van der Waals surface area contributed by atoms with Gasteiger partial charge in [-0.15, -0.1) is 10.2 Å². The molecule has 9 heteroatoms. The molecule has 0 radical (unpaired) electrons. The molecule has 8 nitrogen and oxygen atoms in total. The Balaban J connectivity index is 1.94. The van der Waals surface area contributed by atoms with E-state index in [1.807, 2.05) is 0 Å². The van der Waals surface area contributed by atoms with E-state index in [-0.39, 0.29) is 4.90 Å². The Kier molecular flexibility index (Phi) is 3.78. The Bertz CT molecular complexity index is 952. The van der Waals surface area contributed by atoms with Crippen molar-refractivity contribution in [1.29, 1.82) is 0 Å². The number of fused-ring (bicyclic) bond motifs is 1. The Labute approximate surface area is 132 Å². The molecule has 0 amide bonds. The quantitative estimate of drug-likeness (QED) is 0.760. The first-order valence-corrected chi connectivity index (χ1v) is 8.06. The fourth-order valence-electron chi connectivity index (χ4n) is 2.09. The molecule has 2 aromatic heterocycles. The standard InChI is InChI=1S/C14H14N4O4S/c1-21-12-5-4-11(7-13(12)22-2)23(19,20)17-10-3-6-14-16-15-9-18(14)8-10/h3-9,17H,1-2H3. The lowest BCUT2D eigenvalue weighted by Gasteiger charge is -2.11. The second-order valence-corrected chi connectivity index (χ2v) is 6.32. The number of pyridine rings is 1. The van der Waals surface area contributed by atoms with Crippen LogP contribution in [0, 0.1) is 0 Å². The number of aromatic nitrogens is 3. The van der Waals surface area contributed by atoms with Crippen LogP contribution in [0.25, 0.3) is 5.65 Å². The van der Waals surface area contributed by atoms with Crippen LogP contribution in [0.3, 0.4) is 0 Å². The number of nitrogens with zero attached hydrogens (tertiary/aromatic N) is 3. The number of methoxy groups -OCH3 is 2. The Hall–Kier alpha value is -2.81. The smallest absolute Gasteiger partial charge is 0.262 e. The minimum atomic E-state index is -3.76. The largest absolute Gasteiger partial charge is 0.493 e. The van der Waals surface area contributed by atoms with Crippen LogP contribution in [-0.4, -0.2) is 37.2 Å². The van der Waals surface area contributed by atoms with Gasteiger partial charge >= 0.3 is 0 Å². The molecule has 23 heavy (non-hydrogen) atoms. The molecule has 0 unspecified atom stereocenters. The van der Waals surface area contributed by atoms with Gasteiger partial charge in [-0.2, -0.15) is 0 Å². The van der Waals surface area contributed by atoms with Crippen LogP contribution in [0.2, 0.25) is 0 Å². The molecular formula is C14H14N4O4S. The number of hydrogen-bond donors (Lipinski definition) is 1. The molecule has 0 saturated heterocycles. The van der Waals surface area contributed by atoms with Crippen molar-refractivity contribution in [3.63, 3.8) is 0 Å². The molecule has 0 saturated carbocycles. The highest BCUT2D eigenvalue weighted by atomic mass is 32.2. The van der Waals surface area contributed by atoms with E-state index in [2.05, 4.69) is 14.9 Å². The van der Waals surface area contributed by atoms with Crippen LogP contribution in [0.5, 0.6) is 11.5 Å². The molecule has 0 aliphatic heterocycles. The third-order valence-electron chi connectivity index (χ3n) is 3.21. The van der Waals surface area contributed by atoms with E-state index in [1.165, 1.54) is 38.7 Å². The van der Waals surface area contributed by atoms with Gasteiger partial charge in [-0.25, -0.2) is 8.42 Å². The average Bonchev–Trinajstić information content (AvgIpc) is 3.01. The molecule has 0 atom stereocenters. The van der Waals surface area contributed by atoms with Crippen LogP contribution in [0.4, 0.5) is 5.69 Å². The third-order valence-corrected chi connectivity index (χ3v) is 4.59. The van der Waals surface area contributed by atoms with Crippen molar-refractivity contribution < 1.29 is 17.9 Å². The van der Waals surface area contributed by atoms with Gasteiger partial charge in [0.15, 0.2) is 17.1 Å². The van der Waals surface area contributed by atoms with E-state index in [1.54, 1.807) is 22.7 Å². The minimum Gasteiger partial charge on any atom is -0.493 e. The lowest BCUT2D eigenvalue weighted by atomic mass is 10.3. The molecule has 1 aromatic carbocycles. The fraction of sp³-hybridized carbons (Fsp3) is 0.143. The zero-order chi connectivity index (χ0) is 16.4. The normalized spacial score (nSPS) is 11.4. The van der Waals surface area contributed by atoms with Crippen LogP contribution < -0.4 is 14.2 Å². The van der Waals surface area contributed by atoms with Crippen LogP contribution in [0.15, 0.2) is 47.8 Å². The number of hydrogen-bond acceptors (Lipinski definition) is 6. The first-order chi connectivity index (χ1) is 11.0. The summed E-state index contributed by atoms with van der Waals surface area (Å²) in [7, 11) is -0.831. The SMILES string of the molecule is COc1ccc(S(=O)(=O)Nc2ccc3nncn3c2)cc1OC. The van der Waals surface area contributed by atoms with Gasteiger partial charge in [0.2, 0.25) is 0 Å². The lowest BCUT2D eigenvalue weighted by Crippen LogP contribution is -2.13. The van der Waals surface area contributed by atoms with Crippen molar-refractivity contribution in [2.75, 3.05) is 18.9 Å². The van der Waals surface area contributed by atoms with Gasteiger partial charge in [-0.3, -0.25) is 9.12 Å².